The van der Waals surface area contributed by atoms with Crippen molar-refractivity contribution < 1.29 is 9.59 Å². The van der Waals surface area contributed by atoms with E-state index in [4.69, 9.17) is 5.73 Å². The van der Waals surface area contributed by atoms with E-state index in [1.54, 1.807) is 12.4 Å². The van der Waals surface area contributed by atoms with Gasteiger partial charge in [-0.1, -0.05) is 11.3 Å². The molecule has 1 aliphatic heterocycles. The zero-order chi connectivity index (χ0) is 19.7. The lowest BCUT2D eigenvalue weighted by molar-refractivity contribution is -0.121. The monoisotopic (exact) mass is 414 g/mol. The zero-order valence-electron chi connectivity index (χ0n) is 15.1. The number of pyridine rings is 1. The molecular weight excluding hydrogens is 396 g/mol. The van der Waals surface area contributed by atoms with Crippen LogP contribution in [0.1, 0.15) is 18.5 Å². The number of nitrogens with zero attached hydrogens (tertiary/aromatic N) is 4. The lowest BCUT2D eigenvalue weighted by Gasteiger charge is -2.21. The van der Waals surface area contributed by atoms with Crippen molar-refractivity contribution in [3.8, 4) is 21.1 Å². The first-order valence-corrected chi connectivity index (χ1v) is 10.4. The number of hydrogen-bond acceptors (Lipinski definition) is 7. The molecular formula is C18H18N6O2S2. The molecule has 3 N–H and O–H groups in total. The number of likely N-dealkylation sites (tertiary alicyclic amines) is 1. The summed E-state index contributed by atoms with van der Waals surface area (Å²) in [4.78, 5) is 39.7. The van der Waals surface area contributed by atoms with Crippen LogP contribution in [0, 0.1) is 6.92 Å². The van der Waals surface area contributed by atoms with Gasteiger partial charge in [-0.2, -0.15) is 0 Å². The van der Waals surface area contributed by atoms with E-state index >= 15 is 0 Å². The van der Waals surface area contributed by atoms with E-state index in [-0.39, 0.29) is 6.03 Å². The fraction of sp³-hybridized carbons (Fsp3) is 0.278. The lowest BCUT2D eigenvalue weighted by Crippen LogP contribution is -2.45. The van der Waals surface area contributed by atoms with Gasteiger partial charge >= 0.3 is 6.03 Å². The van der Waals surface area contributed by atoms with E-state index in [0.717, 1.165) is 33.3 Å². The third kappa shape index (κ3) is 3.60. The predicted octanol–water partition coefficient (Wildman–Crippen LogP) is 3.12. The Morgan fingerprint density at radius 1 is 1.36 bits per heavy atom. The Kier molecular flexibility index (Phi) is 5.05. The number of amides is 3. The van der Waals surface area contributed by atoms with Crippen LogP contribution in [0.3, 0.4) is 0 Å². The van der Waals surface area contributed by atoms with Gasteiger partial charge in [-0.15, -0.1) is 11.3 Å². The zero-order valence-corrected chi connectivity index (χ0v) is 16.7. The van der Waals surface area contributed by atoms with Crippen LogP contribution >= 0.6 is 22.7 Å². The van der Waals surface area contributed by atoms with E-state index < -0.39 is 11.9 Å². The highest BCUT2D eigenvalue weighted by molar-refractivity contribution is 7.19. The first kappa shape index (κ1) is 18.5. The molecule has 8 nitrogen and oxygen atoms in total. The van der Waals surface area contributed by atoms with Crippen molar-refractivity contribution in [1.82, 2.24) is 19.9 Å². The fourth-order valence-corrected chi connectivity index (χ4v) is 4.95. The molecule has 1 saturated heterocycles. The maximum Gasteiger partial charge on any atom is 0.324 e. The number of carbonyl (C=O) groups excluding carboxylic acids is 2. The second-order valence-corrected chi connectivity index (χ2v) is 8.25. The molecule has 0 radical (unpaired) electrons. The molecule has 0 saturated carbocycles. The SMILES string of the molecule is Cc1nc(NC(=O)N2CCC[C@H]2C(N)=O)sc1-c1csc(-c2cccnc2)n1. The average molecular weight is 415 g/mol. The summed E-state index contributed by atoms with van der Waals surface area (Å²) in [6.45, 7) is 2.39. The largest absolute Gasteiger partial charge is 0.368 e. The number of anilines is 1. The number of primary amides is 1. The van der Waals surface area contributed by atoms with Crippen molar-refractivity contribution in [1.29, 1.82) is 0 Å². The Morgan fingerprint density at radius 2 is 2.21 bits per heavy atom. The molecule has 0 unspecified atom stereocenters. The smallest absolute Gasteiger partial charge is 0.324 e. The van der Waals surface area contributed by atoms with Crippen LogP contribution < -0.4 is 11.1 Å². The summed E-state index contributed by atoms with van der Waals surface area (Å²) < 4.78 is 0. The van der Waals surface area contributed by atoms with Crippen molar-refractivity contribution in [3.05, 3.63) is 35.6 Å². The Morgan fingerprint density at radius 3 is 2.96 bits per heavy atom. The molecule has 0 aromatic carbocycles. The Bertz CT molecular complexity index is 1020. The number of nitrogens with two attached hydrogens (primary N) is 1. The van der Waals surface area contributed by atoms with Crippen LogP contribution in [0.5, 0.6) is 0 Å². The summed E-state index contributed by atoms with van der Waals surface area (Å²) in [7, 11) is 0. The molecule has 1 atom stereocenters. The van der Waals surface area contributed by atoms with Gasteiger partial charge < -0.3 is 10.6 Å². The van der Waals surface area contributed by atoms with Gasteiger partial charge in [-0.3, -0.25) is 15.1 Å². The minimum atomic E-state index is -0.555. The Hall–Kier alpha value is -2.85. The second kappa shape index (κ2) is 7.64. The quantitative estimate of drug-likeness (QED) is 0.681. The van der Waals surface area contributed by atoms with Gasteiger partial charge in [0, 0.05) is 29.9 Å². The van der Waals surface area contributed by atoms with Crippen molar-refractivity contribution in [2.75, 3.05) is 11.9 Å². The topological polar surface area (TPSA) is 114 Å². The van der Waals surface area contributed by atoms with Crippen molar-refractivity contribution in [3.63, 3.8) is 0 Å². The maximum atomic E-state index is 12.5. The number of aryl methyl sites for hydroxylation is 1. The highest BCUT2D eigenvalue weighted by Crippen LogP contribution is 2.35. The molecule has 4 rings (SSSR count). The summed E-state index contributed by atoms with van der Waals surface area (Å²) in [5.74, 6) is -0.478. The van der Waals surface area contributed by atoms with E-state index in [1.165, 1.54) is 27.6 Å². The van der Waals surface area contributed by atoms with Gasteiger partial charge in [0.25, 0.3) is 0 Å². The molecule has 3 amide bonds. The summed E-state index contributed by atoms with van der Waals surface area (Å²) in [5, 5.41) is 6.11. The molecule has 4 heterocycles. The molecule has 10 heteroatoms. The van der Waals surface area contributed by atoms with Crippen LogP contribution in [0.25, 0.3) is 21.1 Å². The summed E-state index contributed by atoms with van der Waals surface area (Å²) >= 11 is 2.89. The minimum Gasteiger partial charge on any atom is -0.368 e. The molecule has 0 aliphatic carbocycles. The summed E-state index contributed by atoms with van der Waals surface area (Å²) in [6, 6.07) is 2.93. The van der Waals surface area contributed by atoms with Crippen molar-refractivity contribution in [2.24, 2.45) is 5.73 Å². The summed E-state index contributed by atoms with van der Waals surface area (Å²) in [6.07, 6.45) is 4.86. The lowest BCUT2D eigenvalue weighted by atomic mass is 10.2. The first-order chi connectivity index (χ1) is 13.5. The second-order valence-electron chi connectivity index (χ2n) is 6.40. The molecule has 3 aromatic heterocycles. The standard InChI is InChI=1S/C18H18N6O2S2/c1-10-14(12-9-27-16(22-12)11-4-2-6-20-8-11)28-17(21-10)23-18(26)24-7-3-5-13(24)15(19)25/h2,4,6,8-9,13H,3,5,7H2,1H3,(H2,19,25)(H,21,23,26)/t13-/m0/s1. The molecule has 28 heavy (non-hydrogen) atoms. The number of rotatable bonds is 4. The van der Waals surface area contributed by atoms with E-state index in [1.807, 2.05) is 24.4 Å². The third-order valence-corrected chi connectivity index (χ3v) is 6.48. The predicted molar refractivity (Wildman–Crippen MR) is 109 cm³/mol. The Balaban J connectivity index is 1.52. The molecule has 0 bridgehead atoms. The molecule has 1 fully saturated rings. The maximum absolute atomic E-state index is 12.5. The highest BCUT2D eigenvalue weighted by atomic mass is 32.1. The van der Waals surface area contributed by atoms with Crippen LogP contribution in [-0.4, -0.2) is 44.4 Å². The van der Waals surface area contributed by atoms with Crippen LogP contribution in [0.4, 0.5) is 9.93 Å². The molecule has 3 aromatic rings. The number of aromatic nitrogens is 3. The number of hydrogen-bond donors (Lipinski definition) is 2. The fourth-order valence-electron chi connectivity index (χ4n) is 3.16. The van der Waals surface area contributed by atoms with Crippen LogP contribution in [-0.2, 0) is 4.79 Å². The van der Waals surface area contributed by atoms with Crippen LogP contribution in [0.2, 0.25) is 0 Å². The summed E-state index contributed by atoms with van der Waals surface area (Å²) in [5.41, 5.74) is 7.95. The van der Waals surface area contributed by atoms with Gasteiger partial charge in [0.2, 0.25) is 5.91 Å². The van der Waals surface area contributed by atoms with Gasteiger partial charge in [-0.05, 0) is 31.9 Å². The van der Waals surface area contributed by atoms with E-state index in [0.29, 0.717) is 18.1 Å². The minimum absolute atomic E-state index is 0.351. The van der Waals surface area contributed by atoms with E-state index in [9.17, 15) is 9.59 Å². The van der Waals surface area contributed by atoms with Crippen LogP contribution in [0.15, 0.2) is 29.9 Å². The number of carbonyl (C=O) groups is 2. The van der Waals surface area contributed by atoms with Crippen molar-refractivity contribution in [2.45, 2.75) is 25.8 Å². The normalized spacial score (nSPS) is 16.3. The molecule has 144 valence electrons. The number of urea groups is 1. The van der Waals surface area contributed by atoms with Gasteiger partial charge in [0.1, 0.15) is 11.0 Å². The van der Waals surface area contributed by atoms with Gasteiger partial charge in [-0.25, -0.2) is 14.8 Å². The average Bonchev–Trinajstić information content (AvgIpc) is 3.41. The first-order valence-electron chi connectivity index (χ1n) is 8.73. The van der Waals surface area contributed by atoms with Crippen molar-refractivity contribution >= 4 is 39.7 Å². The third-order valence-electron chi connectivity index (χ3n) is 4.50. The number of nitrogens with one attached hydrogen (secondary N) is 1. The molecule has 0 spiro atoms. The number of thiazole rings is 2. The Labute approximate surface area is 169 Å². The highest BCUT2D eigenvalue weighted by Gasteiger charge is 2.33. The van der Waals surface area contributed by atoms with E-state index in [2.05, 4.69) is 20.3 Å². The van der Waals surface area contributed by atoms with Gasteiger partial charge in [0.15, 0.2) is 5.13 Å². The van der Waals surface area contributed by atoms with Gasteiger partial charge in [0.05, 0.1) is 16.3 Å². The molecule has 1 aliphatic rings.